The Labute approximate surface area is 266 Å². The lowest BCUT2D eigenvalue weighted by molar-refractivity contribution is -0.150. The molecule has 44 heavy (non-hydrogen) atoms. The molecular formula is C30H33Cl2NO10S. The SMILES string of the molecule is C1COCCN1.CC(C)(Oc1ccc(Cl)cc1)C(=O)Oc1ccc(OC(=O)C(C)(C)Oc2ccc(Cl)cc2)c(S(=O)(=O)O)c1. The third-order valence-corrected chi connectivity index (χ3v) is 7.19. The Morgan fingerprint density at radius 1 is 0.750 bits per heavy atom. The molecule has 0 unspecified atom stereocenters. The van der Waals surface area contributed by atoms with Gasteiger partial charge in [-0.2, -0.15) is 8.42 Å². The van der Waals surface area contributed by atoms with Crippen molar-refractivity contribution in [2.24, 2.45) is 0 Å². The number of esters is 2. The number of ether oxygens (including phenoxy) is 5. The average molecular weight is 671 g/mol. The maximum Gasteiger partial charge on any atom is 0.355 e. The summed E-state index contributed by atoms with van der Waals surface area (Å²) < 4.78 is 60.7. The van der Waals surface area contributed by atoms with Crippen molar-refractivity contribution in [3.05, 3.63) is 76.8 Å². The van der Waals surface area contributed by atoms with Gasteiger partial charge in [-0.3, -0.25) is 4.55 Å². The first-order valence-corrected chi connectivity index (χ1v) is 15.5. The van der Waals surface area contributed by atoms with Crippen molar-refractivity contribution < 1.29 is 46.2 Å². The van der Waals surface area contributed by atoms with Gasteiger partial charge in [-0.15, -0.1) is 0 Å². The van der Waals surface area contributed by atoms with Gasteiger partial charge in [-0.25, -0.2) is 9.59 Å². The molecule has 0 aliphatic carbocycles. The maximum atomic E-state index is 12.8. The molecule has 0 radical (unpaired) electrons. The fourth-order valence-corrected chi connectivity index (χ4v) is 4.37. The molecule has 3 aromatic carbocycles. The molecule has 0 spiro atoms. The number of hydrogen-bond acceptors (Lipinski definition) is 10. The van der Waals surface area contributed by atoms with Crippen molar-refractivity contribution in [2.75, 3.05) is 26.3 Å². The number of carbonyl (C=O) groups is 2. The van der Waals surface area contributed by atoms with E-state index in [1.165, 1.54) is 33.8 Å². The van der Waals surface area contributed by atoms with Gasteiger partial charge in [0.2, 0.25) is 11.2 Å². The minimum absolute atomic E-state index is 0.244. The van der Waals surface area contributed by atoms with Crippen LogP contribution < -0.4 is 24.3 Å². The van der Waals surface area contributed by atoms with Gasteiger partial charge in [0.25, 0.3) is 10.1 Å². The Morgan fingerprint density at radius 3 is 1.57 bits per heavy atom. The molecule has 1 aliphatic rings. The molecule has 0 bridgehead atoms. The number of benzene rings is 3. The summed E-state index contributed by atoms with van der Waals surface area (Å²) >= 11 is 11.7. The standard InChI is InChI=1S/C26H24Cl2O9S.C4H9NO/c1-25(2,36-18-9-5-16(27)6-10-18)23(29)34-20-13-14-21(22(15-20)38(31,32)33)35-24(30)26(3,4)37-19-11-7-17(28)8-12-19;1-3-6-4-2-5-1/h5-15H,1-4H3,(H,31,32,33);5H,1-4H2. The van der Waals surface area contributed by atoms with Crippen LogP contribution in [0.3, 0.4) is 0 Å². The normalized spacial score (nSPS) is 13.6. The molecule has 0 saturated carbocycles. The predicted octanol–water partition coefficient (Wildman–Crippen LogP) is 5.37. The Morgan fingerprint density at radius 2 is 1.18 bits per heavy atom. The quantitative estimate of drug-likeness (QED) is 0.172. The minimum Gasteiger partial charge on any atom is -0.476 e. The van der Waals surface area contributed by atoms with Crippen molar-refractivity contribution in [2.45, 2.75) is 43.8 Å². The zero-order valence-electron chi connectivity index (χ0n) is 24.5. The fourth-order valence-electron chi connectivity index (χ4n) is 3.48. The lowest BCUT2D eigenvalue weighted by atomic mass is 10.1. The summed E-state index contributed by atoms with van der Waals surface area (Å²) in [4.78, 5) is 24.8. The van der Waals surface area contributed by atoms with Gasteiger partial charge in [-0.1, -0.05) is 23.2 Å². The number of rotatable bonds is 9. The van der Waals surface area contributed by atoms with Gasteiger partial charge in [-0.05, 0) is 88.4 Å². The van der Waals surface area contributed by atoms with Gasteiger partial charge in [0.1, 0.15) is 22.1 Å². The topological polar surface area (TPSA) is 147 Å². The summed E-state index contributed by atoms with van der Waals surface area (Å²) in [5, 5.41) is 4.11. The van der Waals surface area contributed by atoms with Crippen molar-refractivity contribution in [3.63, 3.8) is 0 Å². The predicted molar refractivity (Wildman–Crippen MR) is 164 cm³/mol. The molecule has 0 amide bonds. The van der Waals surface area contributed by atoms with E-state index in [0.717, 1.165) is 38.4 Å². The third-order valence-electron chi connectivity index (χ3n) is 5.81. The van der Waals surface area contributed by atoms with Crippen LogP contribution in [-0.4, -0.2) is 62.4 Å². The molecule has 14 heteroatoms. The zero-order valence-corrected chi connectivity index (χ0v) is 26.8. The van der Waals surface area contributed by atoms with Gasteiger partial charge in [0.15, 0.2) is 5.75 Å². The van der Waals surface area contributed by atoms with Crippen LogP contribution >= 0.6 is 23.2 Å². The molecule has 11 nitrogen and oxygen atoms in total. The lowest BCUT2D eigenvalue weighted by Gasteiger charge is -2.25. The van der Waals surface area contributed by atoms with E-state index in [2.05, 4.69) is 5.32 Å². The summed E-state index contributed by atoms with van der Waals surface area (Å²) in [6, 6.07) is 15.6. The highest BCUT2D eigenvalue weighted by Crippen LogP contribution is 2.31. The number of hydrogen-bond donors (Lipinski definition) is 2. The average Bonchev–Trinajstić information content (AvgIpc) is 2.96. The van der Waals surface area contributed by atoms with Crippen LogP contribution in [0.1, 0.15) is 27.7 Å². The smallest absolute Gasteiger partial charge is 0.355 e. The molecule has 1 fully saturated rings. The number of nitrogens with one attached hydrogen (secondary N) is 1. The molecule has 238 valence electrons. The largest absolute Gasteiger partial charge is 0.476 e. The van der Waals surface area contributed by atoms with Crippen LogP contribution in [0.25, 0.3) is 0 Å². The van der Waals surface area contributed by atoms with E-state index in [9.17, 15) is 22.6 Å². The fraction of sp³-hybridized carbons (Fsp3) is 0.333. The molecule has 0 atom stereocenters. The summed E-state index contributed by atoms with van der Waals surface area (Å²) in [7, 11) is -4.90. The molecule has 0 aromatic heterocycles. The molecule has 2 N–H and O–H groups in total. The van der Waals surface area contributed by atoms with Gasteiger partial charge >= 0.3 is 11.9 Å². The second kappa shape index (κ2) is 15.1. The second-order valence-corrected chi connectivity index (χ2v) is 12.6. The molecule has 1 aliphatic heterocycles. The molecule has 1 heterocycles. The van der Waals surface area contributed by atoms with Crippen molar-refractivity contribution in [1.82, 2.24) is 5.32 Å². The van der Waals surface area contributed by atoms with Crippen molar-refractivity contribution in [3.8, 4) is 23.0 Å². The van der Waals surface area contributed by atoms with Crippen LogP contribution in [0.4, 0.5) is 0 Å². The highest BCUT2D eigenvalue weighted by molar-refractivity contribution is 7.86. The monoisotopic (exact) mass is 669 g/mol. The number of morpholine rings is 1. The van der Waals surface area contributed by atoms with E-state index in [0.29, 0.717) is 21.5 Å². The van der Waals surface area contributed by atoms with E-state index in [1.807, 2.05) is 0 Å². The maximum absolute atomic E-state index is 12.8. The van der Waals surface area contributed by atoms with Gasteiger partial charge in [0.05, 0.1) is 13.2 Å². The minimum atomic E-state index is -4.90. The first-order chi connectivity index (χ1) is 20.6. The lowest BCUT2D eigenvalue weighted by Crippen LogP contribution is -2.41. The van der Waals surface area contributed by atoms with E-state index >= 15 is 0 Å². The first-order valence-electron chi connectivity index (χ1n) is 13.3. The van der Waals surface area contributed by atoms with Gasteiger partial charge in [0, 0.05) is 29.2 Å². The third kappa shape index (κ3) is 10.7. The van der Waals surface area contributed by atoms with E-state index in [1.54, 1.807) is 48.5 Å². The molecular weight excluding hydrogens is 637 g/mol. The zero-order chi connectivity index (χ0) is 32.5. The Hall–Kier alpha value is -3.39. The Kier molecular flexibility index (Phi) is 12.0. The van der Waals surface area contributed by atoms with E-state index < -0.39 is 43.9 Å². The van der Waals surface area contributed by atoms with E-state index in [-0.39, 0.29) is 5.75 Å². The summed E-state index contributed by atoms with van der Waals surface area (Å²) in [5.74, 6) is -1.90. The Balaban J connectivity index is 0.000000785. The van der Waals surface area contributed by atoms with Crippen LogP contribution in [-0.2, 0) is 24.4 Å². The number of carbonyl (C=O) groups excluding carboxylic acids is 2. The Bertz CT molecular complexity index is 1530. The van der Waals surface area contributed by atoms with Crippen LogP contribution in [0, 0.1) is 0 Å². The second-order valence-electron chi connectivity index (χ2n) is 10.4. The van der Waals surface area contributed by atoms with Crippen LogP contribution in [0.2, 0.25) is 10.0 Å². The molecule has 1 saturated heterocycles. The summed E-state index contributed by atoms with van der Waals surface area (Å²) in [5.41, 5.74) is -3.04. The summed E-state index contributed by atoms with van der Waals surface area (Å²) in [6.45, 7) is 9.56. The highest BCUT2D eigenvalue weighted by atomic mass is 35.5. The molecule has 4 rings (SSSR count). The van der Waals surface area contributed by atoms with Crippen LogP contribution in [0.15, 0.2) is 71.6 Å². The van der Waals surface area contributed by atoms with Crippen LogP contribution in [0.5, 0.6) is 23.0 Å². The first kappa shape index (κ1) is 35.1. The summed E-state index contributed by atoms with van der Waals surface area (Å²) in [6.07, 6.45) is 0. The van der Waals surface area contributed by atoms with Crippen molar-refractivity contribution in [1.29, 1.82) is 0 Å². The van der Waals surface area contributed by atoms with Gasteiger partial charge < -0.3 is 29.0 Å². The van der Waals surface area contributed by atoms with E-state index in [4.69, 9.17) is 46.9 Å². The number of halogens is 2. The molecule has 3 aromatic rings. The van der Waals surface area contributed by atoms with Crippen molar-refractivity contribution >= 4 is 45.3 Å². The highest BCUT2D eigenvalue weighted by Gasteiger charge is 2.35.